The summed E-state index contributed by atoms with van der Waals surface area (Å²) in [6.07, 6.45) is -0.610. The zero-order valence-corrected chi connectivity index (χ0v) is 15.0. The first-order valence-corrected chi connectivity index (χ1v) is 8.39. The summed E-state index contributed by atoms with van der Waals surface area (Å²) in [6.45, 7) is 3.95. The molecule has 1 atom stereocenters. The highest BCUT2D eigenvalue weighted by atomic mass is 16.5. The van der Waals surface area contributed by atoms with E-state index in [2.05, 4.69) is 10.1 Å². The Labute approximate surface area is 152 Å². The van der Waals surface area contributed by atoms with Gasteiger partial charge in [0.05, 0.1) is 6.54 Å². The highest BCUT2D eigenvalue weighted by Gasteiger charge is 2.21. The molecule has 0 fully saturated rings. The highest BCUT2D eigenvalue weighted by Crippen LogP contribution is 2.18. The lowest BCUT2D eigenvalue weighted by atomic mass is 10.1. The number of hydrogen-bond acceptors (Lipinski definition) is 5. The summed E-state index contributed by atoms with van der Waals surface area (Å²) >= 11 is 0. The molecule has 0 aliphatic carbocycles. The van der Waals surface area contributed by atoms with Crippen LogP contribution in [0.3, 0.4) is 0 Å². The predicted octanol–water partition coefficient (Wildman–Crippen LogP) is 3.47. The molecule has 1 amide bonds. The van der Waals surface area contributed by atoms with Crippen molar-refractivity contribution in [2.45, 2.75) is 26.5 Å². The first-order chi connectivity index (χ1) is 12.5. The van der Waals surface area contributed by atoms with Crippen LogP contribution in [0.15, 0.2) is 59.1 Å². The third-order valence-electron chi connectivity index (χ3n) is 3.90. The Morgan fingerprint density at radius 3 is 2.69 bits per heavy atom. The molecule has 0 aliphatic rings. The van der Waals surface area contributed by atoms with Crippen molar-refractivity contribution in [3.63, 3.8) is 0 Å². The Kier molecular flexibility index (Phi) is 5.31. The molecule has 2 aromatic carbocycles. The molecule has 6 heteroatoms. The summed E-state index contributed by atoms with van der Waals surface area (Å²) in [5, 5.41) is 4.00. The van der Waals surface area contributed by atoms with E-state index in [-0.39, 0.29) is 12.5 Å². The number of aryl methyl sites for hydroxylation is 1. The van der Waals surface area contributed by atoms with Crippen LogP contribution in [-0.2, 0) is 11.3 Å². The average Bonchev–Trinajstić information content (AvgIpc) is 3.10. The maximum atomic E-state index is 12.5. The lowest BCUT2D eigenvalue weighted by Gasteiger charge is -2.20. The van der Waals surface area contributed by atoms with Crippen LogP contribution in [0.4, 0.5) is 0 Å². The summed E-state index contributed by atoms with van der Waals surface area (Å²) in [4.78, 5) is 18.4. The molecular formula is C20H21N3O3. The second-order valence-corrected chi connectivity index (χ2v) is 6.15. The number of benzene rings is 2. The fourth-order valence-electron chi connectivity index (χ4n) is 2.57. The van der Waals surface area contributed by atoms with E-state index >= 15 is 0 Å². The van der Waals surface area contributed by atoms with E-state index in [1.807, 2.05) is 61.5 Å². The lowest BCUT2D eigenvalue weighted by Crippen LogP contribution is -2.37. The van der Waals surface area contributed by atoms with Gasteiger partial charge in [0.15, 0.2) is 6.10 Å². The van der Waals surface area contributed by atoms with Crippen molar-refractivity contribution in [1.29, 1.82) is 0 Å². The Morgan fingerprint density at radius 1 is 1.19 bits per heavy atom. The van der Waals surface area contributed by atoms with Crippen LogP contribution < -0.4 is 4.74 Å². The van der Waals surface area contributed by atoms with Gasteiger partial charge in [-0.2, -0.15) is 4.98 Å². The van der Waals surface area contributed by atoms with E-state index in [0.29, 0.717) is 17.5 Å². The molecule has 0 aliphatic heterocycles. The minimum atomic E-state index is -0.610. The predicted molar refractivity (Wildman–Crippen MR) is 97.5 cm³/mol. The molecule has 0 saturated heterocycles. The highest BCUT2D eigenvalue weighted by molar-refractivity contribution is 5.80. The van der Waals surface area contributed by atoms with E-state index < -0.39 is 6.10 Å². The first kappa shape index (κ1) is 17.7. The first-order valence-electron chi connectivity index (χ1n) is 8.39. The Morgan fingerprint density at radius 2 is 1.96 bits per heavy atom. The van der Waals surface area contributed by atoms with E-state index in [1.165, 1.54) is 4.90 Å². The van der Waals surface area contributed by atoms with Crippen LogP contribution in [0.1, 0.15) is 18.4 Å². The third-order valence-corrected chi connectivity index (χ3v) is 3.90. The van der Waals surface area contributed by atoms with Gasteiger partial charge < -0.3 is 14.2 Å². The smallest absolute Gasteiger partial charge is 0.263 e. The summed E-state index contributed by atoms with van der Waals surface area (Å²) < 4.78 is 10.9. The molecule has 134 valence electrons. The number of carbonyl (C=O) groups excluding carboxylic acids is 1. The number of nitrogens with zero attached hydrogens (tertiary/aromatic N) is 3. The van der Waals surface area contributed by atoms with Crippen LogP contribution >= 0.6 is 0 Å². The van der Waals surface area contributed by atoms with Crippen molar-refractivity contribution in [3.05, 3.63) is 66.1 Å². The van der Waals surface area contributed by atoms with Gasteiger partial charge in [0.1, 0.15) is 5.75 Å². The van der Waals surface area contributed by atoms with Crippen molar-refractivity contribution >= 4 is 5.91 Å². The largest absolute Gasteiger partial charge is 0.481 e. The molecule has 0 radical (unpaired) electrons. The molecule has 1 aromatic heterocycles. The summed E-state index contributed by atoms with van der Waals surface area (Å²) in [5.74, 6) is 1.38. The van der Waals surface area contributed by atoms with Crippen LogP contribution in [0.5, 0.6) is 5.75 Å². The topological polar surface area (TPSA) is 68.5 Å². The van der Waals surface area contributed by atoms with Gasteiger partial charge in [-0.25, -0.2) is 0 Å². The lowest BCUT2D eigenvalue weighted by molar-refractivity contribution is -0.137. The second-order valence-electron chi connectivity index (χ2n) is 6.15. The van der Waals surface area contributed by atoms with Gasteiger partial charge in [-0.1, -0.05) is 47.1 Å². The molecular weight excluding hydrogens is 330 g/mol. The quantitative estimate of drug-likeness (QED) is 0.680. The number of ether oxygens (including phenoxy) is 1. The Bertz CT molecular complexity index is 877. The maximum absolute atomic E-state index is 12.5. The van der Waals surface area contributed by atoms with Crippen LogP contribution in [0, 0.1) is 6.92 Å². The molecule has 0 spiro atoms. The van der Waals surface area contributed by atoms with Crippen molar-refractivity contribution < 1.29 is 14.1 Å². The number of rotatable bonds is 6. The van der Waals surface area contributed by atoms with Crippen LogP contribution in [-0.4, -0.2) is 34.1 Å². The molecule has 0 saturated carbocycles. The van der Waals surface area contributed by atoms with E-state index in [4.69, 9.17) is 9.26 Å². The zero-order chi connectivity index (χ0) is 18.5. The SMILES string of the molecule is Cc1cccc(-c2noc(CN(C)C(=O)C(C)Oc3ccccc3)n2)c1. The average molecular weight is 351 g/mol. The fraction of sp³-hybridized carbons (Fsp3) is 0.250. The van der Waals surface area contributed by atoms with Crippen molar-refractivity contribution in [1.82, 2.24) is 15.0 Å². The molecule has 3 aromatic rings. The van der Waals surface area contributed by atoms with Crippen molar-refractivity contribution in [2.75, 3.05) is 7.05 Å². The molecule has 6 nitrogen and oxygen atoms in total. The van der Waals surface area contributed by atoms with Crippen LogP contribution in [0.2, 0.25) is 0 Å². The maximum Gasteiger partial charge on any atom is 0.263 e. The van der Waals surface area contributed by atoms with E-state index in [0.717, 1.165) is 11.1 Å². The van der Waals surface area contributed by atoms with Gasteiger partial charge in [0.2, 0.25) is 11.7 Å². The summed E-state index contributed by atoms with van der Waals surface area (Å²) in [5.41, 5.74) is 2.00. The third kappa shape index (κ3) is 4.27. The van der Waals surface area contributed by atoms with E-state index in [1.54, 1.807) is 14.0 Å². The number of likely N-dealkylation sites (N-methyl/N-ethyl adjacent to an activating group) is 1. The molecule has 1 unspecified atom stereocenters. The minimum absolute atomic E-state index is 0.163. The van der Waals surface area contributed by atoms with Gasteiger partial charge in [-0.15, -0.1) is 0 Å². The second kappa shape index (κ2) is 7.82. The number of para-hydroxylation sites is 1. The standard InChI is InChI=1S/C20H21N3O3/c1-14-8-7-9-16(12-14)19-21-18(26-22-19)13-23(3)20(24)15(2)25-17-10-5-4-6-11-17/h4-12,15H,13H2,1-3H3. The van der Waals surface area contributed by atoms with Gasteiger partial charge in [-0.3, -0.25) is 4.79 Å². The fourth-order valence-corrected chi connectivity index (χ4v) is 2.57. The molecule has 3 rings (SSSR count). The number of aromatic nitrogens is 2. The summed E-state index contributed by atoms with van der Waals surface area (Å²) in [7, 11) is 1.68. The minimum Gasteiger partial charge on any atom is -0.481 e. The monoisotopic (exact) mass is 351 g/mol. The Hall–Kier alpha value is -3.15. The molecule has 0 bridgehead atoms. The van der Waals surface area contributed by atoms with Gasteiger partial charge in [0.25, 0.3) is 5.91 Å². The molecule has 26 heavy (non-hydrogen) atoms. The van der Waals surface area contributed by atoms with Crippen LogP contribution in [0.25, 0.3) is 11.4 Å². The number of carbonyl (C=O) groups is 1. The van der Waals surface area contributed by atoms with Crippen molar-refractivity contribution in [3.8, 4) is 17.1 Å². The Balaban J connectivity index is 1.62. The van der Waals surface area contributed by atoms with E-state index in [9.17, 15) is 4.79 Å². The van der Waals surface area contributed by atoms with Gasteiger partial charge in [-0.05, 0) is 32.0 Å². The zero-order valence-electron chi connectivity index (χ0n) is 15.0. The number of amides is 1. The summed E-state index contributed by atoms with van der Waals surface area (Å²) in [6, 6.07) is 17.1. The normalized spacial score (nSPS) is 11.8. The molecule has 0 N–H and O–H groups in total. The molecule has 1 heterocycles. The van der Waals surface area contributed by atoms with Gasteiger partial charge >= 0.3 is 0 Å². The van der Waals surface area contributed by atoms with Gasteiger partial charge in [0, 0.05) is 12.6 Å². The van der Waals surface area contributed by atoms with Crippen molar-refractivity contribution in [2.24, 2.45) is 0 Å². The number of hydrogen-bond donors (Lipinski definition) is 0.